The quantitative estimate of drug-likeness (QED) is 0.702. The first-order valence-corrected chi connectivity index (χ1v) is 8.92. The van der Waals surface area contributed by atoms with E-state index in [0.717, 1.165) is 0 Å². The van der Waals surface area contributed by atoms with Crippen molar-refractivity contribution >= 4 is 34.8 Å². The number of nitrogens with one attached hydrogen (secondary N) is 1. The van der Waals surface area contributed by atoms with E-state index in [-0.39, 0.29) is 22.7 Å². The summed E-state index contributed by atoms with van der Waals surface area (Å²) in [5.74, 6) is -0.239. The summed E-state index contributed by atoms with van der Waals surface area (Å²) >= 11 is 12.1. The predicted octanol–water partition coefficient (Wildman–Crippen LogP) is 1.80. The third-order valence-corrected chi connectivity index (χ3v) is 5.09. The molecule has 0 saturated heterocycles. The first-order chi connectivity index (χ1) is 12.5. The normalized spacial score (nSPS) is 22.8. The summed E-state index contributed by atoms with van der Waals surface area (Å²) in [6.45, 7) is 0.634. The third-order valence-electron chi connectivity index (χ3n) is 4.54. The van der Waals surface area contributed by atoms with Crippen molar-refractivity contribution < 1.29 is 9.90 Å². The fourth-order valence-corrected chi connectivity index (χ4v) is 3.78. The molecule has 3 aromatic rings. The molecular weight excluding hydrogens is 379 g/mol. The smallest absolute Gasteiger partial charge is 0.273 e. The van der Waals surface area contributed by atoms with Gasteiger partial charge in [0.1, 0.15) is 5.02 Å². The molecule has 3 heterocycles. The Labute approximate surface area is 158 Å². The Morgan fingerprint density at radius 3 is 2.96 bits per heavy atom. The molecule has 26 heavy (non-hydrogen) atoms. The Morgan fingerprint density at radius 1 is 1.38 bits per heavy atom. The maximum absolute atomic E-state index is 12.6. The van der Waals surface area contributed by atoms with Crippen LogP contribution in [0.3, 0.4) is 0 Å². The van der Waals surface area contributed by atoms with Crippen LogP contribution in [0.2, 0.25) is 10.0 Å². The Balaban J connectivity index is 1.44. The lowest BCUT2D eigenvalue weighted by molar-refractivity contribution is 0.0867. The number of aliphatic hydroxyl groups excluding tert-OH is 1. The van der Waals surface area contributed by atoms with Crippen LogP contribution in [-0.2, 0) is 6.54 Å². The molecular formula is C16H16Cl2N6O2. The molecule has 1 aliphatic carbocycles. The number of aromatic nitrogens is 5. The van der Waals surface area contributed by atoms with Crippen molar-refractivity contribution in [1.82, 2.24) is 29.7 Å². The van der Waals surface area contributed by atoms with Crippen molar-refractivity contribution in [3.63, 3.8) is 0 Å². The zero-order valence-corrected chi connectivity index (χ0v) is 15.1. The van der Waals surface area contributed by atoms with Gasteiger partial charge in [0.05, 0.1) is 23.4 Å². The van der Waals surface area contributed by atoms with Gasteiger partial charge >= 0.3 is 0 Å². The number of nitrogens with zero attached hydrogens (tertiary/aromatic N) is 5. The van der Waals surface area contributed by atoms with E-state index >= 15 is 0 Å². The lowest BCUT2D eigenvalue weighted by Gasteiger charge is -2.15. The minimum atomic E-state index is -0.635. The Kier molecular flexibility index (Phi) is 4.56. The molecule has 8 nitrogen and oxygen atoms in total. The molecule has 1 fully saturated rings. The van der Waals surface area contributed by atoms with Gasteiger partial charge in [-0.15, -0.1) is 0 Å². The molecule has 0 aromatic carbocycles. The van der Waals surface area contributed by atoms with E-state index in [1.54, 1.807) is 35.5 Å². The molecule has 1 unspecified atom stereocenters. The average molecular weight is 395 g/mol. The average Bonchev–Trinajstić information content (AvgIpc) is 3.27. The van der Waals surface area contributed by atoms with Gasteiger partial charge in [-0.3, -0.25) is 9.48 Å². The van der Waals surface area contributed by atoms with E-state index in [1.807, 2.05) is 0 Å². The molecule has 1 amide bonds. The number of carbonyl (C=O) groups is 1. The highest BCUT2D eigenvalue weighted by Gasteiger charge is 2.35. The highest BCUT2D eigenvalue weighted by molar-refractivity contribution is 6.36. The monoisotopic (exact) mass is 394 g/mol. The van der Waals surface area contributed by atoms with Crippen molar-refractivity contribution in [2.24, 2.45) is 5.92 Å². The lowest BCUT2D eigenvalue weighted by atomic mass is 10.1. The highest BCUT2D eigenvalue weighted by Crippen LogP contribution is 2.28. The van der Waals surface area contributed by atoms with Gasteiger partial charge in [-0.1, -0.05) is 23.2 Å². The Bertz CT molecular complexity index is 955. The Morgan fingerprint density at radius 2 is 2.23 bits per heavy atom. The molecule has 2 N–H and O–H groups in total. The fraction of sp³-hybridized carbons (Fsp3) is 0.375. The molecule has 4 rings (SSSR count). The summed E-state index contributed by atoms with van der Waals surface area (Å²) in [6, 6.07) is 1.33. The van der Waals surface area contributed by atoms with Gasteiger partial charge in [0.2, 0.25) is 0 Å². The molecule has 3 atom stereocenters. The van der Waals surface area contributed by atoms with Gasteiger partial charge in [0.25, 0.3) is 5.91 Å². The van der Waals surface area contributed by atoms with Crippen LogP contribution in [0.15, 0.2) is 30.9 Å². The number of carbonyl (C=O) groups excluding carboxylic acids is 1. The molecule has 0 radical (unpaired) electrons. The van der Waals surface area contributed by atoms with Gasteiger partial charge < -0.3 is 10.4 Å². The standard InChI is InChI=1S/C16H16Cl2N6O2/c17-10-6-20-23(8-10)7-9-4-11(12(25)5-9)21-16(26)14-13(18)15-19-2-1-3-24(15)22-14/h1-3,6,8-9,11-12,25H,4-5,7H2,(H,21,26)/t9?,11-,12-/m1/s1. The molecule has 10 heteroatoms. The maximum atomic E-state index is 12.6. The SMILES string of the molecule is O=C(N[C@@H]1CC(Cn2cc(Cl)cn2)C[C@H]1O)c1nn2cccnc2c1Cl. The van der Waals surface area contributed by atoms with Crippen molar-refractivity contribution in [2.75, 3.05) is 0 Å². The summed E-state index contributed by atoms with van der Waals surface area (Å²) in [7, 11) is 0. The number of amides is 1. The Hall–Kier alpha value is -2.16. The maximum Gasteiger partial charge on any atom is 0.273 e. The van der Waals surface area contributed by atoms with Crippen LogP contribution in [-0.4, -0.2) is 47.5 Å². The molecule has 1 saturated carbocycles. The highest BCUT2D eigenvalue weighted by atomic mass is 35.5. The van der Waals surface area contributed by atoms with E-state index in [9.17, 15) is 9.90 Å². The van der Waals surface area contributed by atoms with Crippen LogP contribution in [0.5, 0.6) is 0 Å². The number of hydrogen-bond donors (Lipinski definition) is 2. The number of rotatable bonds is 4. The van der Waals surface area contributed by atoms with Crippen molar-refractivity contribution in [3.8, 4) is 0 Å². The van der Waals surface area contributed by atoms with Crippen LogP contribution in [0, 0.1) is 5.92 Å². The van der Waals surface area contributed by atoms with Gasteiger partial charge in [0, 0.05) is 25.1 Å². The molecule has 0 bridgehead atoms. The van der Waals surface area contributed by atoms with Gasteiger partial charge in [-0.25, -0.2) is 9.50 Å². The molecule has 136 valence electrons. The topological polar surface area (TPSA) is 97.3 Å². The largest absolute Gasteiger partial charge is 0.391 e. The van der Waals surface area contributed by atoms with Crippen LogP contribution < -0.4 is 5.32 Å². The summed E-state index contributed by atoms with van der Waals surface area (Å²) in [5.41, 5.74) is 0.514. The number of aliphatic hydroxyl groups is 1. The minimum Gasteiger partial charge on any atom is -0.391 e. The van der Waals surface area contributed by atoms with Crippen molar-refractivity contribution in [2.45, 2.75) is 31.5 Å². The molecule has 1 aliphatic rings. The first-order valence-electron chi connectivity index (χ1n) is 8.17. The second-order valence-electron chi connectivity index (χ2n) is 6.42. The zero-order chi connectivity index (χ0) is 18.3. The molecule has 3 aromatic heterocycles. The summed E-state index contributed by atoms with van der Waals surface area (Å²) < 4.78 is 3.20. The molecule has 0 aliphatic heterocycles. The van der Waals surface area contributed by atoms with Crippen LogP contribution in [0.4, 0.5) is 0 Å². The van der Waals surface area contributed by atoms with Gasteiger partial charge in [0.15, 0.2) is 11.3 Å². The molecule has 0 spiro atoms. The zero-order valence-electron chi connectivity index (χ0n) is 13.6. The van der Waals surface area contributed by atoms with Crippen LogP contribution in [0.25, 0.3) is 5.65 Å². The second-order valence-corrected chi connectivity index (χ2v) is 7.23. The van der Waals surface area contributed by atoms with E-state index in [0.29, 0.717) is 30.1 Å². The lowest BCUT2D eigenvalue weighted by Crippen LogP contribution is -2.40. The summed E-state index contributed by atoms with van der Waals surface area (Å²) in [4.78, 5) is 16.7. The number of halogens is 2. The second kappa shape index (κ2) is 6.86. The van der Waals surface area contributed by atoms with E-state index in [4.69, 9.17) is 23.2 Å². The van der Waals surface area contributed by atoms with Crippen molar-refractivity contribution in [3.05, 3.63) is 46.6 Å². The predicted molar refractivity (Wildman–Crippen MR) is 95.2 cm³/mol. The third kappa shape index (κ3) is 3.27. The number of fused-ring (bicyclic) bond motifs is 1. The fourth-order valence-electron chi connectivity index (χ4n) is 3.37. The van der Waals surface area contributed by atoms with Gasteiger partial charge in [-0.05, 0) is 24.8 Å². The van der Waals surface area contributed by atoms with E-state index in [2.05, 4.69) is 20.5 Å². The van der Waals surface area contributed by atoms with Crippen LogP contribution in [0.1, 0.15) is 23.3 Å². The minimum absolute atomic E-state index is 0.0971. The number of hydrogen-bond acceptors (Lipinski definition) is 5. The van der Waals surface area contributed by atoms with E-state index < -0.39 is 12.0 Å². The first kappa shape index (κ1) is 17.3. The van der Waals surface area contributed by atoms with E-state index in [1.165, 1.54) is 4.52 Å². The summed E-state index contributed by atoms with van der Waals surface area (Å²) in [6.07, 6.45) is 7.13. The van der Waals surface area contributed by atoms with Crippen LogP contribution >= 0.6 is 23.2 Å². The van der Waals surface area contributed by atoms with Gasteiger partial charge in [-0.2, -0.15) is 10.2 Å². The van der Waals surface area contributed by atoms with Crippen molar-refractivity contribution in [1.29, 1.82) is 0 Å². The summed E-state index contributed by atoms with van der Waals surface area (Å²) in [5, 5.41) is 22.2.